The molecular formula is C31H37F4N5O5. The number of aliphatic hydroxyl groups is 1. The fourth-order valence-corrected chi connectivity index (χ4v) is 5.73. The lowest BCUT2D eigenvalue weighted by Gasteiger charge is -2.39. The van der Waals surface area contributed by atoms with Crippen molar-refractivity contribution in [3.63, 3.8) is 0 Å². The topological polar surface area (TPSA) is 116 Å². The molecule has 3 fully saturated rings. The Morgan fingerprint density at radius 2 is 1.51 bits per heavy atom. The number of ether oxygens (including phenoxy) is 1. The van der Waals surface area contributed by atoms with Gasteiger partial charge in [0.25, 0.3) is 11.8 Å². The van der Waals surface area contributed by atoms with E-state index in [4.69, 9.17) is 4.74 Å². The zero-order valence-corrected chi connectivity index (χ0v) is 25.4. The van der Waals surface area contributed by atoms with Crippen LogP contribution in [0.3, 0.4) is 0 Å². The highest BCUT2D eigenvalue weighted by Crippen LogP contribution is 2.39. The monoisotopic (exact) mass is 635 g/mol. The normalized spacial score (nSPS) is 19.3. The number of carbonyl (C=O) groups is 3. The average molecular weight is 636 g/mol. The first-order chi connectivity index (χ1) is 21.1. The van der Waals surface area contributed by atoms with Crippen LogP contribution in [-0.2, 0) is 4.74 Å². The molecular weight excluding hydrogens is 598 g/mol. The van der Waals surface area contributed by atoms with E-state index >= 15 is 4.39 Å². The molecule has 3 heterocycles. The molecule has 45 heavy (non-hydrogen) atoms. The van der Waals surface area contributed by atoms with Crippen molar-refractivity contribution < 1.29 is 41.8 Å². The predicted molar refractivity (Wildman–Crippen MR) is 154 cm³/mol. The average Bonchev–Trinajstić information content (AvgIpc) is 3.81. The van der Waals surface area contributed by atoms with Gasteiger partial charge in [-0.2, -0.15) is 13.2 Å². The fraction of sp³-hybridized carbons (Fsp3) is 0.581. The number of halogens is 4. The molecule has 3 amide bonds. The summed E-state index contributed by atoms with van der Waals surface area (Å²) in [5.41, 5.74) is -3.25. The maximum atomic E-state index is 15.0. The van der Waals surface area contributed by atoms with E-state index in [-0.39, 0.29) is 59.7 Å². The first-order valence-corrected chi connectivity index (χ1v) is 15.1. The van der Waals surface area contributed by atoms with Crippen molar-refractivity contribution in [2.24, 2.45) is 0 Å². The molecule has 1 aromatic heterocycles. The number of piperidine rings is 2. The Bertz CT molecular complexity index is 1430. The summed E-state index contributed by atoms with van der Waals surface area (Å²) in [6.45, 7) is 5.66. The van der Waals surface area contributed by atoms with E-state index in [1.54, 1.807) is 4.90 Å². The molecule has 0 spiro atoms. The Labute approximate surface area is 258 Å². The van der Waals surface area contributed by atoms with Crippen LogP contribution in [0.5, 0.6) is 0 Å². The summed E-state index contributed by atoms with van der Waals surface area (Å²) in [4.78, 5) is 52.0. The summed E-state index contributed by atoms with van der Waals surface area (Å²) >= 11 is 0. The molecule has 14 heteroatoms. The van der Waals surface area contributed by atoms with Crippen molar-refractivity contribution in [3.8, 4) is 11.4 Å². The van der Waals surface area contributed by atoms with Crippen molar-refractivity contribution in [2.45, 2.75) is 88.8 Å². The zero-order chi connectivity index (χ0) is 32.7. The SMILES string of the molecule is CC(C)(C)OC(=O)N1CCC(N(C(=O)c2cnc(-c3ccc(C(=O)N4CCC(O)(C(F)(F)F)CC4)c(F)c3)nc2)C2CC2)CC1. The lowest BCUT2D eigenvalue weighted by molar-refractivity contribution is -0.271. The van der Waals surface area contributed by atoms with Gasteiger partial charge in [0, 0.05) is 69.1 Å². The smallest absolute Gasteiger partial charge is 0.417 e. The van der Waals surface area contributed by atoms with Crippen LogP contribution in [0.15, 0.2) is 30.6 Å². The van der Waals surface area contributed by atoms with Gasteiger partial charge >= 0.3 is 12.3 Å². The lowest BCUT2D eigenvalue weighted by atomic mass is 9.90. The maximum absolute atomic E-state index is 15.0. The molecule has 1 aliphatic carbocycles. The second-order valence-electron chi connectivity index (χ2n) is 13.0. The molecule has 5 rings (SSSR count). The number of likely N-dealkylation sites (tertiary alicyclic amines) is 2. The molecule has 1 N–H and O–H groups in total. The Hall–Kier alpha value is -3.81. The minimum absolute atomic E-state index is 0.0512. The molecule has 2 aromatic rings. The van der Waals surface area contributed by atoms with Gasteiger partial charge in [0.05, 0.1) is 11.1 Å². The quantitative estimate of drug-likeness (QED) is 0.469. The van der Waals surface area contributed by atoms with Crippen molar-refractivity contribution >= 4 is 17.9 Å². The highest BCUT2D eigenvalue weighted by Gasteiger charge is 2.55. The third kappa shape index (κ3) is 7.21. The molecule has 0 unspecified atom stereocenters. The maximum Gasteiger partial charge on any atom is 0.417 e. The Balaban J connectivity index is 1.22. The highest BCUT2D eigenvalue weighted by atomic mass is 19.4. The summed E-state index contributed by atoms with van der Waals surface area (Å²) in [6, 6.07) is 3.77. The van der Waals surface area contributed by atoms with E-state index in [2.05, 4.69) is 9.97 Å². The number of rotatable bonds is 5. The first kappa shape index (κ1) is 32.6. The van der Waals surface area contributed by atoms with Gasteiger partial charge in [0.15, 0.2) is 11.4 Å². The molecule has 0 bridgehead atoms. The second kappa shape index (κ2) is 12.2. The van der Waals surface area contributed by atoms with Crippen LogP contribution >= 0.6 is 0 Å². The van der Waals surface area contributed by atoms with Crippen LogP contribution in [0.25, 0.3) is 11.4 Å². The van der Waals surface area contributed by atoms with Gasteiger partial charge in [0.2, 0.25) is 0 Å². The number of carbonyl (C=O) groups excluding carboxylic acids is 3. The lowest BCUT2D eigenvalue weighted by Crippen LogP contribution is -2.54. The predicted octanol–water partition coefficient (Wildman–Crippen LogP) is 4.82. The van der Waals surface area contributed by atoms with Crippen LogP contribution in [0, 0.1) is 5.82 Å². The minimum Gasteiger partial charge on any atom is -0.444 e. The minimum atomic E-state index is -4.81. The van der Waals surface area contributed by atoms with Crippen molar-refractivity contribution in [1.82, 2.24) is 24.7 Å². The van der Waals surface area contributed by atoms with Gasteiger partial charge < -0.3 is 24.5 Å². The van der Waals surface area contributed by atoms with Gasteiger partial charge in [-0.25, -0.2) is 19.2 Å². The van der Waals surface area contributed by atoms with Gasteiger partial charge in [-0.3, -0.25) is 9.59 Å². The van der Waals surface area contributed by atoms with E-state index in [0.717, 1.165) is 23.8 Å². The molecule has 3 aliphatic rings. The third-order valence-electron chi connectivity index (χ3n) is 8.45. The number of amides is 3. The molecule has 0 radical (unpaired) electrons. The van der Waals surface area contributed by atoms with Gasteiger partial charge in [-0.15, -0.1) is 0 Å². The van der Waals surface area contributed by atoms with Crippen LogP contribution in [0.4, 0.5) is 22.4 Å². The van der Waals surface area contributed by atoms with Crippen LogP contribution in [-0.4, -0.2) is 103 Å². The molecule has 2 saturated heterocycles. The van der Waals surface area contributed by atoms with E-state index in [9.17, 15) is 32.7 Å². The molecule has 1 aromatic carbocycles. The number of alkyl halides is 3. The summed E-state index contributed by atoms with van der Waals surface area (Å²) in [6.07, 6.45) is -0.792. The van der Waals surface area contributed by atoms with Gasteiger partial charge in [0.1, 0.15) is 11.4 Å². The number of hydrogen-bond donors (Lipinski definition) is 1. The fourth-order valence-electron chi connectivity index (χ4n) is 5.73. The summed E-state index contributed by atoms with van der Waals surface area (Å²) in [5.74, 6) is -1.76. The number of hydrogen-bond acceptors (Lipinski definition) is 7. The zero-order valence-electron chi connectivity index (χ0n) is 25.4. The summed E-state index contributed by atoms with van der Waals surface area (Å²) in [5, 5.41) is 9.84. The molecule has 1 saturated carbocycles. The van der Waals surface area contributed by atoms with Crippen LogP contribution in [0.1, 0.15) is 80.0 Å². The molecule has 2 aliphatic heterocycles. The van der Waals surface area contributed by atoms with Crippen molar-refractivity contribution in [3.05, 3.63) is 47.5 Å². The largest absolute Gasteiger partial charge is 0.444 e. The van der Waals surface area contributed by atoms with E-state index < -0.39 is 41.9 Å². The third-order valence-corrected chi connectivity index (χ3v) is 8.45. The number of benzene rings is 1. The van der Waals surface area contributed by atoms with Crippen LogP contribution < -0.4 is 0 Å². The van der Waals surface area contributed by atoms with E-state index in [1.165, 1.54) is 24.5 Å². The van der Waals surface area contributed by atoms with Crippen molar-refractivity contribution in [1.29, 1.82) is 0 Å². The second-order valence-corrected chi connectivity index (χ2v) is 13.0. The van der Waals surface area contributed by atoms with Gasteiger partial charge in [-0.1, -0.05) is 6.07 Å². The first-order valence-electron chi connectivity index (χ1n) is 15.1. The van der Waals surface area contributed by atoms with Gasteiger partial charge in [-0.05, 0) is 58.6 Å². The highest BCUT2D eigenvalue weighted by molar-refractivity contribution is 5.95. The molecule has 244 valence electrons. The van der Waals surface area contributed by atoms with Crippen LogP contribution in [0.2, 0.25) is 0 Å². The Morgan fingerprint density at radius 3 is 2.02 bits per heavy atom. The Morgan fingerprint density at radius 1 is 0.933 bits per heavy atom. The van der Waals surface area contributed by atoms with E-state index in [1.807, 2.05) is 25.7 Å². The molecule has 10 nitrogen and oxygen atoms in total. The standard InChI is InChI=1S/C31H37F4N5O5/c1-29(2,3)45-28(43)39-12-8-22(9-13-39)40(21-5-6-21)26(41)20-17-36-25(37-18-20)19-4-7-23(24(32)16-19)27(42)38-14-10-30(44,11-15-38)31(33,34)35/h4,7,16-18,21-22,44H,5-6,8-15H2,1-3H3. The number of nitrogens with zero attached hydrogens (tertiary/aromatic N) is 5. The van der Waals surface area contributed by atoms with E-state index in [0.29, 0.717) is 25.9 Å². The summed E-state index contributed by atoms with van der Waals surface area (Å²) in [7, 11) is 0. The van der Waals surface area contributed by atoms with Crippen molar-refractivity contribution in [2.75, 3.05) is 26.2 Å². The Kier molecular flexibility index (Phi) is 8.82. The number of aromatic nitrogens is 2. The summed E-state index contributed by atoms with van der Waals surface area (Å²) < 4.78 is 59.8. The molecule has 0 atom stereocenters.